The maximum atomic E-state index is 10.6. The Balaban J connectivity index is 1.65. The van der Waals surface area contributed by atoms with Gasteiger partial charge in [0.1, 0.15) is 5.75 Å². The maximum Gasteiger partial charge on any atom is 0.116 e. The molecule has 2 fully saturated rings. The van der Waals surface area contributed by atoms with E-state index in [1.807, 2.05) is 12.1 Å². The summed E-state index contributed by atoms with van der Waals surface area (Å²) in [5.41, 5.74) is 4.61. The van der Waals surface area contributed by atoms with E-state index in [0.717, 1.165) is 31.1 Å². The van der Waals surface area contributed by atoms with Crippen LogP contribution in [0, 0.1) is 23.2 Å². The van der Waals surface area contributed by atoms with Crippen LogP contribution in [0.5, 0.6) is 5.75 Å². The lowest BCUT2D eigenvalue weighted by atomic mass is 9.49. The van der Waals surface area contributed by atoms with E-state index in [1.165, 1.54) is 36.8 Å². The summed E-state index contributed by atoms with van der Waals surface area (Å²) in [5.74, 6) is 3.38. The molecule has 0 saturated heterocycles. The molecular weight excluding hydrogens is 272 g/mol. The molecule has 0 aromatic heterocycles. The summed E-state index contributed by atoms with van der Waals surface area (Å²) in [5, 5.41) is 20.6. The Morgan fingerprint density at radius 3 is 2.55 bits per heavy atom. The van der Waals surface area contributed by atoms with Crippen LogP contribution < -0.4 is 0 Å². The highest BCUT2D eigenvalue weighted by Gasteiger charge is 2.58. The van der Waals surface area contributed by atoms with Crippen molar-refractivity contribution in [3.63, 3.8) is 0 Å². The third-order valence-electron chi connectivity index (χ3n) is 7.75. The van der Waals surface area contributed by atoms with Crippen LogP contribution in [0.15, 0.2) is 12.1 Å². The molecule has 0 amide bonds. The van der Waals surface area contributed by atoms with Gasteiger partial charge in [-0.3, -0.25) is 0 Å². The van der Waals surface area contributed by atoms with Gasteiger partial charge in [-0.25, -0.2) is 0 Å². The van der Waals surface area contributed by atoms with Crippen LogP contribution in [0.2, 0.25) is 0 Å². The first-order chi connectivity index (χ1) is 10.6. The van der Waals surface area contributed by atoms with Crippen molar-refractivity contribution in [2.24, 2.45) is 23.2 Å². The largest absolute Gasteiger partial charge is 0.508 e. The third-order valence-corrected chi connectivity index (χ3v) is 7.75. The molecular formula is C20H26O2. The Morgan fingerprint density at radius 1 is 1.05 bits per heavy atom. The zero-order valence-electron chi connectivity index (χ0n) is 13.4. The van der Waals surface area contributed by atoms with E-state index in [0.29, 0.717) is 17.6 Å². The van der Waals surface area contributed by atoms with Crippen molar-refractivity contribution >= 4 is 0 Å². The Labute approximate surface area is 132 Å². The molecule has 1 aromatic carbocycles. The molecule has 2 saturated carbocycles. The summed E-state index contributed by atoms with van der Waals surface area (Å²) >= 11 is 0. The first-order valence-electron chi connectivity index (χ1n) is 9.10. The van der Waals surface area contributed by atoms with Crippen LogP contribution in [-0.4, -0.2) is 16.3 Å². The van der Waals surface area contributed by atoms with Gasteiger partial charge in [-0.1, -0.05) is 6.92 Å². The quantitative estimate of drug-likeness (QED) is 0.765. The van der Waals surface area contributed by atoms with Gasteiger partial charge < -0.3 is 10.2 Å². The lowest BCUT2D eigenvalue weighted by molar-refractivity contribution is -0.0520. The van der Waals surface area contributed by atoms with Gasteiger partial charge in [0.15, 0.2) is 0 Å². The topological polar surface area (TPSA) is 40.5 Å². The zero-order chi connectivity index (χ0) is 15.1. The van der Waals surface area contributed by atoms with Gasteiger partial charge >= 0.3 is 0 Å². The minimum absolute atomic E-state index is 0.0824. The van der Waals surface area contributed by atoms with Crippen LogP contribution in [0.3, 0.4) is 0 Å². The van der Waals surface area contributed by atoms with Crippen molar-refractivity contribution in [3.8, 4) is 5.75 Å². The van der Waals surface area contributed by atoms with Gasteiger partial charge in [0, 0.05) is 0 Å². The second kappa shape index (κ2) is 4.29. The molecule has 0 aliphatic heterocycles. The number of rotatable bonds is 0. The molecule has 0 unspecified atom stereocenters. The minimum Gasteiger partial charge on any atom is -0.508 e. The van der Waals surface area contributed by atoms with Crippen molar-refractivity contribution in [1.82, 2.24) is 0 Å². The van der Waals surface area contributed by atoms with Gasteiger partial charge in [-0.15, -0.1) is 0 Å². The molecule has 4 aliphatic rings. The molecule has 2 N–H and O–H groups in total. The van der Waals surface area contributed by atoms with Crippen molar-refractivity contribution in [1.29, 1.82) is 0 Å². The molecule has 5 rings (SSSR count). The average molecular weight is 298 g/mol. The van der Waals surface area contributed by atoms with Crippen molar-refractivity contribution in [2.75, 3.05) is 0 Å². The highest BCUT2D eigenvalue weighted by atomic mass is 16.3. The maximum absolute atomic E-state index is 10.6. The van der Waals surface area contributed by atoms with Crippen molar-refractivity contribution in [2.45, 2.75) is 63.9 Å². The van der Waals surface area contributed by atoms with E-state index in [4.69, 9.17) is 0 Å². The van der Waals surface area contributed by atoms with Gasteiger partial charge in [0.05, 0.1) is 6.10 Å². The number of hydrogen-bond donors (Lipinski definition) is 2. The van der Waals surface area contributed by atoms with Crippen LogP contribution in [0.4, 0.5) is 0 Å². The second-order valence-corrected chi connectivity index (χ2v) is 8.61. The Morgan fingerprint density at radius 2 is 1.77 bits per heavy atom. The monoisotopic (exact) mass is 298 g/mol. The summed E-state index contributed by atoms with van der Waals surface area (Å²) in [6.07, 6.45) is 8.08. The molecule has 0 heterocycles. The average Bonchev–Trinajstić information content (AvgIpc) is 2.79. The lowest BCUT2D eigenvalue weighted by Crippen LogP contribution is -2.49. The number of fused-ring (bicyclic) bond motifs is 2. The predicted molar refractivity (Wildman–Crippen MR) is 85.9 cm³/mol. The number of aliphatic hydroxyl groups excluding tert-OH is 1. The van der Waals surface area contributed by atoms with E-state index in [1.54, 1.807) is 5.56 Å². The smallest absolute Gasteiger partial charge is 0.116 e. The van der Waals surface area contributed by atoms with Crippen molar-refractivity contribution in [3.05, 3.63) is 28.8 Å². The number of phenols is 1. The number of phenolic OH excluding ortho intramolecular Hbond substituents is 1. The standard InChI is InChI=1S/C20H26O2/c1-20-10-13-3-2-11-8-14(21)9-12-4-5-15(19(13)18(11)12)16(20)6-7-17(20)22/h8-9,13,15-17,19,21-22H,2-7,10H2,1H3/t13-,15-,16-,17-,19-,20-/m0/s1. The van der Waals surface area contributed by atoms with Crippen LogP contribution in [0.25, 0.3) is 0 Å². The van der Waals surface area contributed by atoms with E-state index in [-0.39, 0.29) is 11.5 Å². The fourth-order valence-corrected chi connectivity index (χ4v) is 6.90. The summed E-state index contributed by atoms with van der Waals surface area (Å²) in [6, 6.07) is 4.05. The van der Waals surface area contributed by atoms with Crippen LogP contribution >= 0.6 is 0 Å². The number of hydrogen-bond acceptors (Lipinski definition) is 2. The van der Waals surface area contributed by atoms with Gasteiger partial charge in [-0.05, 0) is 103 Å². The highest BCUT2D eigenvalue weighted by molar-refractivity contribution is 5.48. The summed E-state index contributed by atoms with van der Waals surface area (Å²) in [7, 11) is 0. The SMILES string of the molecule is C[C@]12C[C@@H]3CCc4cc(O)cc5c4[C@@H]3[C@@H](CC5)[C@@H]1CC[C@@H]2O. The molecule has 2 heteroatoms. The Bertz CT molecular complexity index is 620. The molecule has 2 nitrogen and oxygen atoms in total. The molecule has 118 valence electrons. The fraction of sp³-hybridized carbons (Fsp3) is 0.700. The number of aromatic hydroxyl groups is 1. The molecule has 0 bridgehead atoms. The number of aryl methyl sites for hydroxylation is 2. The van der Waals surface area contributed by atoms with Crippen LogP contribution in [-0.2, 0) is 12.8 Å². The number of aliphatic hydroxyl groups is 1. The first-order valence-corrected chi connectivity index (χ1v) is 9.10. The number of benzene rings is 1. The Kier molecular flexibility index (Phi) is 2.61. The lowest BCUT2D eigenvalue weighted by Gasteiger charge is -2.55. The van der Waals surface area contributed by atoms with E-state index in [9.17, 15) is 10.2 Å². The Hall–Kier alpha value is -1.02. The normalized spacial score (nSPS) is 45.3. The molecule has 6 atom stereocenters. The van der Waals surface area contributed by atoms with Crippen molar-refractivity contribution < 1.29 is 10.2 Å². The molecule has 0 radical (unpaired) electrons. The van der Waals surface area contributed by atoms with Gasteiger partial charge in [0.2, 0.25) is 0 Å². The molecule has 1 aromatic rings. The predicted octanol–water partition coefficient (Wildman–Crippen LogP) is 3.78. The van der Waals surface area contributed by atoms with Crippen LogP contribution in [0.1, 0.15) is 61.6 Å². The van der Waals surface area contributed by atoms with E-state index < -0.39 is 0 Å². The second-order valence-electron chi connectivity index (χ2n) is 8.61. The third kappa shape index (κ3) is 1.55. The molecule has 22 heavy (non-hydrogen) atoms. The summed E-state index contributed by atoms with van der Waals surface area (Å²) in [4.78, 5) is 0. The van der Waals surface area contributed by atoms with Gasteiger partial charge in [-0.2, -0.15) is 0 Å². The van der Waals surface area contributed by atoms with Gasteiger partial charge in [0.25, 0.3) is 0 Å². The minimum atomic E-state index is -0.0824. The first kappa shape index (κ1) is 13.4. The molecule has 4 aliphatic carbocycles. The highest BCUT2D eigenvalue weighted by Crippen LogP contribution is 2.65. The summed E-state index contributed by atoms with van der Waals surface area (Å²) < 4.78 is 0. The van der Waals surface area contributed by atoms with E-state index in [2.05, 4.69) is 6.92 Å². The fourth-order valence-electron chi connectivity index (χ4n) is 6.90. The molecule has 0 spiro atoms. The zero-order valence-corrected chi connectivity index (χ0v) is 13.4. The summed E-state index contributed by atoms with van der Waals surface area (Å²) in [6.45, 7) is 2.37. The van der Waals surface area contributed by atoms with E-state index >= 15 is 0 Å².